The van der Waals surface area contributed by atoms with E-state index in [0.717, 1.165) is 29.7 Å². The Hall–Kier alpha value is -1.84. The molecule has 0 amide bonds. The Bertz CT molecular complexity index is 552. The smallest absolute Gasteiger partial charge is 0.127 e. The number of ether oxygens (including phenoxy) is 1. The Labute approximate surface area is 126 Å². The van der Waals surface area contributed by atoms with Crippen molar-refractivity contribution in [2.45, 2.75) is 25.3 Å². The van der Waals surface area contributed by atoms with Crippen LogP contribution in [0.2, 0.25) is 0 Å². The van der Waals surface area contributed by atoms with Gasteiger partial charge in [0, 0.05) is 11.1 Å². The Morgan fingerprint density at radius 3 is 2.43 bits per heavy atom. The van der Waals surface area contributed by atoms with Gasteiger partial charge >= 0.3 is 0 Å². The summed E-state index contributed by atoms with van der Waals surface area (Å²) >= 11 is 0. The lowest BCUT2D eigenvalue weighted by atomic mass is 9.99. The number of hydrogen-bond acceptors (Lipinski definition) is 3. The maximum Gasteiger partial charge on any atom is 0.127 e. The largest absolute Gasteiger partial charge is 0.493 e. The number of nitrogens with two attached hydrogens (primary N) is 1. The van der Waals surface area contributed by atoms with Crippen LogP contribution in [0.4, 0.5) is 0 Å². The van der Waals surface area contributed by atoms with Crippen molar-refractivity contribution >= 4 is 0 Å². The Morgan fingerprint density at radius 1 is 1.05 bits per heavy atom. The highest BCUT2D eigenvalue weighted by atomic mass is 16.5. The summed E-state index contributed by atoms with van der Waals surface area (Å²) in [6, 6.07) is 18.2. The van der Waals surface area contributed by atoms with Gasteiger partial charge in [0.1, 0.15) is 5.75 Å². The van der Waals surface area contributed by atoms with Crippen molar-refractivity contribution in [1.82, 2.24) is 0 Å². The average Bonchev–Trinajstić information content (AvgIpc) is 2.53. The molecule has 3 nitrogen and oxygen atoms in total. The fourth-order valence-electron chi connectivity index (χ4n) is 2.19. The molecule has 0 heterocycles. The van der Waals surface area contributed by atoms with Crippen LogP contribution >= 0.6 is 0 Å². The first kappa shape index (κ1) is 15.5. The summed E-state index contributed by atoms with van der Waals surface area (Å²) in [4.78, 5) is 0. The highest BCUT2D eigenvalue weighted by molar-refractivity contribution is 5.70. The molecule has 0 bridgehead atoms. The van der Waals surface area contributed by atoms with Crippen LogP contribution in [-0.2, 0) is 0 Å². The normalized spacial score (nSPS) is 13.7. The Balaban J connectivity index is 1.98. The van der Waals surface area contributed by atoms with Crippen molar-refractivity contribution in [3.63, 3.8) is 0 Å². The van der Waals surface area contributed by atoms with Crippen LogP contribution < -0.4 is 10.5 Å². The zero-order chi connectivity index (χ0) is 15.1. The molecule has 2 aromatic carbocycles. The molecule has 0 aliphatic rings. The van der Waals surface area contributed by atoms with E-state index in [1.165, 1.54) is 0 Å². The Kier molecular flexibility index (Phi) is 5.37. The third kappa shape index (κ3) is 4.59. The molecule has 21 heavy (non-hydrogen) atoms. The highest BCUT2D eigenvalue weighted by Gasteiger charge is 2.16. The number of rotatable bonds is 7. The van der Waals surface area contributed by atoms with Crippen molar-refractivity contribution in [2.75, 3.05) is 13.2 Å². The second kappa shape index (κ2) is 7.25. The summed E-state index contributed by atoms with van der Waals surface area (Å²) in [6.07, 6.45) is 1.55. The average molecular weight is 285 g/mol. The maximum atomic E-state index is 9.14. The van der Waals surface area contributed by atoms with E-state index in [2.05, 4.69) is 18.2 Å². The minimum Gasteiger partial charge on any atom is -0.493 e. The molecule has 0 fully saturated rings. The van der Waals surface area contributed by atoms with E-state index in [0.29, 0.717) is 6.61 Å². The van der Waals surface area contributed by atoms with Gasteiger partial charge in [-0.05, 0) is 31.4 Å². The first-order valence-corrected chi connectivity index (χ1v) is 7.29. The predicted octanol–water partition coefficient (Wildman–Crippen LogP) is 3.22. The number of para-hydroxylation sites is 1. The molecule has 2 aromatic rings. The lowest BCUT2D eigenvalue weighted by molar-refractivity contribution is 0.188. The van der Waals surface area contributed by atoms with Gasteiger partial charge in [-0.15, -0.1) is 0 Å². The van der Waals surface area contributed by atoms with Crippen molar-refractivity contribution in [1.29, 1.82) is 0 Å². The van der Waals surface area contributed by atoms with Gasteiger partial charge in [0.15, 0.2) is 0 Å². The quantitative estimate of drug-likeness (QED) is 0.768. The van der Waals surface area contributed by atoms with Crippen LogP contribution in [0.15, 0.2) is 54.6 Å². The molecule has 1 unspecified atom stereocenters. The van der Waals surface area contributed by atoms with Crippen molar-refractivity contribution in [3.8, 4) is 16.9 Å². The summed E-state index contributed by atoms with van der Waals surface area (Å²) < 4.78 is 5.89. The van der Waals surface area contributed by atoms with Gasteiger partial charge in [0.2, 0.25) is 0 Å². The molecular formula is C18H23NO2. The van der Waals surface area contributed by atoms with Gasteiger partial charge < -0.3 is 15.6 Å². The minimum absolute atomic E-state index is 0.00635. The van der Waals surface area contributed by atoms with Crippen molar-refractivity contribution in [3.05, 3.63) is 54.6 Å². The van der Waals surface area contributed by atoms with E-state index >= 15 is 0 Å². The second-order valence-corrected chi connectivity index (χ2v) is 5.63. The zero-order valence-electron chi connectivity index (χ0n) is 12.5. The third-order valence-corrected chi connectivity index (χ3v) is 3.48. The third-order valence-electron chi connectivity index (χ3n) is 3.48. The fourth-order valence-corrected chi connectivity index (χ4v) is 2.19. The molecule has 0 saturated carbocycles. The Morgan fingerprint density at radius 2 is 1.71 bits per heavy atom. The van der Waals surface area contributed by atoms with Crippen molar-refractivity contribution < 1.29 is 9.84 Å². The lowest BCUT2D eigenvalue weighted by Crippen LogP contribution is -2.40. The van der Waals surface area contributed by atoms with E-state index < -0.39 is 5.54 Å². The van der Waals surface area contributed by atoms with Crippen LogP contribution in [0.25, 0.3) is 11.1 Å². The maximum absolute atomic E-state index is 9.14. The molecule has 0 aliphatic carbocycles. The number of aliphatic hydroxyl groups is 1. The molecular weight excluding hydrogens is 262 g/mol. The van der Waals surface area contributed by atoms with Crippen LogP contribution in [0.1, 0.15) is 19.8 Å². The topological polar surface area (TPSA) is 55.5 Å². The van der Waals surface area contributed by atoms with Crippen molar-refractivity contribution in [2.24, 2.45) is 5.73 Å². The highest BCUT2D eigenvalue weighted by Crippen LogP contribution is 2.29. The predicted molar refractivity (Wildman–Crippen MR) is 86.3 cm³/mol. The van der Waals surface area contributed by atoms with Gasteiger partial charge in [-0.25, -0.2) is 0 Å². The van der Waals surface area contributed by atoms with E-state index in [1.54, 1.807) is 0 Å². The molecule has 0 aromatic heterocycles. The summed E-state index contributed by atoms with van der Waals surface area (Å²) in [5.41, 5.74) is 7.62. The van der Waals surface area contributed by atoms with Crippen LogP contribution in [0, 0.1) is 0 Å². The SMILES string of the molecule is CC(N)(CO)CCCOc1ccccc1-c1ccccc1. The summed E-state index contributed by atoms with van der Waals surface area (Å²) in [7, 11) is 0. The second-order valence-electron chi connectivity index (χ2n) is 5.63. The number of aliphatic hydroxyl groups excluding tert-OH is 1. The molecule has 3 heteroatoms. The first-order valence-electron chi connectivity index (χ1n) is 7.29. The van der Waals surface area contributed by atoms with E-state index in [4.69, 9.17) is 15.6 Å². The van der Waals surface area contributed by atoms with E-state index in [9.17, 15) is 0 Å². The van der Waals surface area contributed by atoms with Gasteiger partial charge in [-0.3, -0.25) is 0 Å². The number of hydrogen-bond donors (Lipinski definition) is 2. The van der Waals surface area contributed by atoms with Crippen LogP contribution in [0.3, 0.4) is 0 Å². The zero-order valence-corrected chi connectivity index (χ0v) is 12.5. The lowest BCUT2D eigenvalue weighted by Gasteiger charge is -2.21. The standard InChI is InChI=1S/C18H23NO2/c1-18(19,14-20)12-7-13-21-17-11-6-5-10-16(17)15-8-3-2-4-9-15/h2-6,8-11,20H,7,12-14,19H2,1H3. The fraction of sp³-hybridized carbons (Fsp3) is 0.333. The summed E-state index contributed by atoms with van der Waals surface area (Å²) in [6.45, 7) is 2.44. The molecule has 3 N–H and O–H groups in total. The monoisotopic (exact) mass is 285 g/mol. The number of benzene rings is 2. The summed E-state index contributed by atoms with van der Waals surface area (Å²) in [5, 5.41) is 9.14. The van der Waals surface area contributed by atoms with Crippen LogP contribution in [0.5, 0.6) is 5.75 Å². The molecule has 1 atom stereocenters. The van der Waals surface area contributed by atoms with E-state index in [1.807, 2.05) is 43.3 Å². The van der Waals surface area contributed by atoms with Gasteiger partial charge in [0.25, 0.3) is 0 Å². The van der Waals surface area contributed by atoms with Gasteiger partial charge in [-0.1, -0.05) is 48.5 Å². The summed E-state index contributed by atoms with van der Waals surface area (Å²) in [5.74, 6) is 0.881. The van der Waals surface area contributed by atoms with Gasteiger partial charge in [0.05, 0.1) is 13.2 Å². The molecule has 0 saturated heterocycles. The van der Waals surface area contributed by atoms with E-state index in [-0.39, 0.29) is 6.61 Å². The molecule has 2 rings (SSSR count). The first-order chi connectivity index (χ1) is 10.1. The minimum atomic E-state index is -0.525. The molecule has 0 aliphatic heterocycles. The molecule has 0 spiro atoms. The molecule has 112 valence electrons. The van der Waals surface area contributed by atoms with Gasteiger partial charge in [-0.2, -0.15) is 0 Å². The molecule has 0 radical (unpaired) electrons. The van der Waals surface area contributed by atoms with Crippen LogP contribution in [-0.4, -0.2) is 23.9 Å².